The summed E-state index contributed by atoms with van der Waals surface area (Å²) in [6, 6.07) is 0. The van der Waals surface area contributed by atoms with E-state index in [1.54, 1.807) is 0 Å². The van der Waals surface area contributed by atoms with Crippen molar-refractivity contribution in [1.82, 2.24) is 14.5 Å². The fraction of sp³-hybridized carbons (Fsp3) is 0.786. The van der Waals surface area contributed by atoms with Gasteiger partial charge in [-0.3, -0.25) is 4.90 Å². The van der Waals surface area contributed by atoms with Crippen molar-refractivity contribution in [2.45, 2.75) is 51.6 Å². The SMILES string of the molecule is Nc1ncc2n1CCCN(CC1CCCCC1)C2. The van der Waals surface area contributed by atoms with Crippen molar-refractivity contribution in [3.05, 3.63) is 11.9 Å². The van der Waals surface area contributed by atoms with Gasteiger partial charge in [-0.25, -0.2) is 4.98 Å². The predicted octanol–water partition coefficient (Wildman–Crippen LogP) is 2.25. The maximum atomic E-state index is 5.89. The van der Waals surface area contributed by atoms with Crippen LogP contribution < -0.4 is 5.73 Å². The molecular weight excluding hydrogens is 224 g/mol. The Morgan fingerprint density at radius 1 is 1.17 bits per heavy atom. The number of nitrogens with zero attached hydrogens (tertiary/aromatic N) is 3. The van der Waals surface area contributed by atoms with Crippen LogP contribution in [0.1, 0.15) is 44.2 Å². The molecule has 1 saturated carbocycles. The van der Waals surface area contributed by atoms with E-state index >= 15 is 0 Å². The van der Waals surface area contributed by atoms with Crippen LogP contribution in [-0.4, -0.2) is 27.5 Å². The molecule has 1 fully saturated rings. The number of imidazole rings is 1. The molecule has 1 aromatic rings. The molecule has 2 aliphatic rings. The molecule has 2 N–H and O–H groups in total. The first-order chi connectivity index (χ1) is 8.83. The third-order valence-corrected chi connectivity index (χ3v) is 4.45. The fourth-order valence-corrected chi connectivity index (χ4v) is 3.46. The van der Waals surface area contributed by atoms with Gasteiger partial charge in [0.05, 0.1) is 11.9 Å². The van der Waals surface area contributed by atoms with Crippen LogP contribution in [0.25, 0.3) is 0 Å². The van der Waals surface area contributed by atoms with E-state index < -0.39 is 0 Å². The summed E-state index contributed by atoms with van der Waals surface area (Å²) in [5.74, 6) is 1.61. The van der Waals surface area contributed by atoms with Crippen LogP contribution in [-0.2, 0) is 13.1 Å². The third kappa shape index (κ3) is 2.53. The van der Waals surface area contributed by atoms with E-state index in [2.05, 4.69) is 14.5 Å². The molecule has 0 spiro atoms. The Morgan fingerprint density at radius 2 is 2.00 bits per heavy atom. The minimum atomic E-state index is 0.685. The van der Waals surface area contributed by atoms with Crippen LogP contribution in [0.15, 0.2) is 6.20 Å². The smallest absolute Gasteiger partial charge is 0.200 e. The highest BCUT2D eigenvalue weighted by molar-refractivity contribution is 5.23. The molecule has 1 aromatic heterocycles. The molecule has 2 heterocycles. The first kappa shape index (κ1) is 12.0. The number of fused-ring (bicyclic) bond motifs is 1. The summed E-state index contributed by atoms with van der Waals surface area (Å²) in [5.41, 5.74) is 7.19. The molecule has 0 amide bonds. The van der Waals surface area contributed by atoms with Gasteiger partial charge in [-0.05, 0) is 25.2 Å². The molecule has 4 heteroatoms. The van der Waals surface area contributed by atoms with E-state index in [9.17, 15) is 0 Å². The highest BCUT2D eigenvalue weighted by Crippen LogP contribution is 2.26. The Bertz CT molecular complexity index is 392. The first-order valence-corrected chi connectivity index (χ1v) is 7.35. The standard InChI is InChI=1S/C14H24N4/c15-14-16-9-13-11-17(7-4-8-18(13)14)10-12-5-2-1-3-6-12/h9,12H,1-8,10-11H2,(H2,15,16). The summed E-state index contributed by atoms with van der Waals surface area (Å²) >= 11 is 0. The van der Waals surface area contributed by atoms with Crippen LogP contribution in [0.2, 0.25) is 0 Å². The molecule has 0 radical (unpaired) electrons. The molecule has 4 nitrogen and oxygen atoms in total. The van der Waals surface area contributed by atoms with Crippen LogP contribution in [0.4, 0.5) is 5.95 Å². The fourth-order valence-electron chi connectivity index (χ4n) is 3.46. The normalized spacial score (nSPS) is 22.7. The Labute approximate surface area is 109 Å². The van der Waals surface area contributed by atoms with E-state index in [0.29, 0.717) is 5.95 Å². The van der Waals surface area contributed by atoms with Crippen molar-refractivity contribution >= 4 is 5.95 Å². The van der Waals surface area contributed by atoms with E-state index in [4.69, 9.17) is 5.73 Å². The zero-order chi connectivity index (χ0) is 12.4. The zero-order valence-electron chi connectivity index (χ0n) is 11.1. The molecule has 0 saturated heterocycles. The van der Waals surface area contributed by atoms with Crippen LogP contribution in [0, 0.1) is 5.92 Å². The largest absolute Gasteiger partial charge is 0.369 e. The van der Waals surface area contributed by atoms with Crippen molar-refractivity contribution in [2.24, 2.45) is 5.92 Å². The van der Waals surface area contributed by atoms with Crippen molar-refractivity contribution in [2.75, 3.05) is 18.8 Å². The number of nitrogen functional groups attached to an aromatic ring is 1. The summed E-state index contributed by atoms with van der Waals surface area (Å²) in [5, 5.41) is 0. The highest BCUT2D eigenvalue weighted by atomic mass is 15.2. The summed E-state index contributed by atoms with van der Waals surface area (Å²) in [7, 11) is 0. The molecule has 0 unspecified atom stereocenters. The Morgan fingerprint density at radius 3 is 2.83 bits per heavy atom. The monoisotopic (exact) mass is 248 g/mol. The second-order valence-electron chi connectivity index (χ2n) is 5.85. The van der Waals surface area contributed by atoms with Crippen molar-refractivity contribution in [3.63, 3.8) is 0 Å². The summed E-state index contributed by atoms with van der Waals surface area (Å²) in [4.78, 5) is 6.84. The molecule has 1 aliphatic heterocycles. The second kappa shape index (κ2) is 5.31. The molecule has 1 aliphatic carbocycles. The molecule has 100 valence electrons. The molecular formula is C14H24N4. The minimum absolute atomic E-state index is 0.685. The van der Waals surface area contributed by atoms with Crippen molar-refractivity contribution in [1.29, 1.82) is 0 Å². The van der Waals surface area contributed by atoms with Crippen molar-refractivity contribution < 1.29 is 0 Å². The summed E-state index contributed by atoms with van der Waals surface area (Å²) in [6.45, 7) is 4.53. The van der Waals surface area contributed by atoms with Gasteiger partial charge in [-0.2, -0.15) is 0 Å². The maximum Gasteiger partial charge on any atom is 0.200 e. The number of hydrogen-bond acceptors (Lipinski definition) is 3. The van der Waals surface area contributed by atoms with Crippen LogP contribution in [0.3, 0.4) is 0 Å². The van der Waals surface area contributed by atoms with Crippen molar-refractivity contribution in [3.8, 4) is 0 Å². The van der Waals surface area contributed by atoms with Gasteiger partial charge in [0, 0.05) is 26.2 Å². The quantitative estimate of drug-likeness (QED) is 0.873. The summed E-state index contributed by atoms with van der Waals surface area (Å²) < 4.78 is 2.18. The number of rotatable bonds is 2. The lowest BCUT2D eigenvalue weighted by molar-refractivity contribution is 0.196. The van der Waals surface area contributed by atoms with Gasteiger partial charge in [0.25, 0.3) is 0 Å². The highest BCUT2D eigenvalue weighted by Gasteiger charge is 2.21. The van der Waals surface area contributed by atoms with Gasteiger partial charge in [0.15, 0.2) is 5.95 Å². The van der Waals surface area contributed by atoms with Gasteiger partial charge in [-0.1, -0.05) is 19.3 Å². The predicted molar refractivity (Wildman–Crippen MR) is 73.1 cm³/mol. The number of hydrogen-bond donors (Lipinski definition) is 1. The molecule has 18 heavy (non-hydrogen) atoms. The van der Waals surface area contributed by atoms with E-state index in [-0.39, 0.29) is 0 Å². The van der Waals surface area contributed by atoms with E-state index in [1.165, 1.54) is 57.3 Å². The van der Waals surface area contributed by atoms with Crippen LogP contribution in [0.5, 0.6) is 0 Å². The molecule has 3 rings (SSSR count). The van der Waals surface area contributed by atoms with Gasteiger partial charge in [0.1, 0.15) is 0 Å². The van der Waals surface area contributed by atoms with E-state index in [0.717, 1.165) is 19.0 Å². The number of aromatic nitrogens is 2. The number of anilines is 1. The Kier molecular flexibility index (Phi) is 3.55. The summed E-state index contributed by atoms with van der Waals surface area (Å²) in [6.07, 6.45) is 10.3. The zero-order valence-corrected chi connectivity index (χ0v) is 11.1. The molecule has 0 bridgehead atoms. The average Bonchev–Trinajstić information content (AvgIpc) is 2.62. The molecule has 0 atom stereocenters. The minimum Gasteiger partial charge on any atom is -0.369 e. The second-order valence-corrected chi connectivity index (χ2v) is 5.85. The van der Waals surface area contributed by atoms with Gasteiger partial charge in [0.2, 0.25) is 0 Å². The topological polar surface area (TPSA) is 47.1 Å². The lowest BCUT2D eigenvalue weighted by Gasteiger charge is -2.28. The third-order valence-electron chi connectivity index (χ3n) is 4.45. The van der Waals surface area contributed by atoms with Crippen LogP contribution >= 0.6 is 0 Å². The Balaban J connectivity index is 1.63. The van der Waals surface area contributed by atoms with E-state index in [1.807, 2.05) is 6.20 Å². The average molecular weight is 248 g/mol. The first-order valence-electron chi connectivity index (χ1n) is 7.35. The maximum absolute atomic E-state index is 5.89. The van der Waals surface area contributed by atoms with Gasteiger partial charge < -0.3 is 10.3 Å². The Hall–Kier alpha value is -1.03. The lowest BCUT2D eigenvalue weighted by atomic mass is 9.89. The molecule has 0 aromatic carbocycles. The number of nitrogens with two attached hydrogens (primary N) is 1. The van der Waals surface area contributed by atoms with Gasteiger partial charge >= 0.3 is 0 Å². The van der Waals surface area contributed by atoms with Gasteiger partial charge in [-0.15, -0.1) is 0 Å². The lowest BCUT2D eigenvalue weighted by Crippen LogP contribution is -2.30.